The fourth-order valence-corrected chi connectivity index (χ4v) is 1.93. The van der Waals surface area contributed by atoms with Gasteiger partial charge < -0.3 is 9.47 Å². The van der Waals surface area contributed by atoms with E-state index in [-0.39, 0.29) is 5.97 Å². The Morgan fingerprint density at radius 3 is 2.50 bits per heavy atom. The molecule has 0 N–H and O–H groups in total. The van der Waals surface area contributed by atoms with Crippen molar-refractivity contribution in [3.63, 3.8) is 0 Å². The summed E-state index contributed by atoms with van der Waals surface area (Å²) in [5.41, 5.74) is 2.15. The lowest BCUT2D eigenvalue weighted by atomic mass is 10.1. The van der Waals surface area contributed by atoms with Gasteiger partial charge in [-0.15, -0.1) is 0 Å². The minimum absolute atomic E-state index is 0.346. The molecule has 0 radical (unpaired) electrons. The Morgan fingerprint density at radius 2 is 1.95 bits per heavy atom. The number of rotatable bonds is 5. The molecule has 0 saturated heterocycles. The van der Waals surface area contributed by atoms with Gasteiger partial charge in [-0.05, 0) is 44.2 Å². The van der Waals surface area contributed by atoms with Crippen LogP contribution in [0.15, 0.2) is 30.3 Å². The molecule has 1 heterocycles. The lowest BCUT2D eigenvalue weighted by Gasteiger charge is -2.02. The summed E-state index contributed by atoms with van der Waals surface area (Å²) in [5.74, 6) is 0.441. The summed E-state index contributed by atoms with van der Waals surface area (Å²) in [5, 5.41) is 4.43. The van der Waals surface area contributed by atoms with E-state index in [0.717, 1.165) is 17.0 Å². The van der Waals surface area contributed by atoms with Crippen LogP contribution in [0.3, 0.4) is 0 Å². The summed E-state index contributed by atoms with van der Waals surface area (Å²) in [6, 6.07) is 9.31. The highest BCUT2D eigenvalue weighted by Gasteiger charge is 2.16. The van der Waals surface area contributed by atoms with E-state index in [9.17, 15) is 4.79 Å². The number of esters is 1. The van der Waals surface area contributed by atoms with Gasteiger partial charge in [-0.25, -0.2) is 4.79 Å². The second-order valence-corrected chi connectivity index (χ2v) is 4.18. The number of methoxy groups -OCH3 is 1. The third-order valence-electron chi connectivity index (χ3n) is 2.95. The Bertz CT molecular complexity index is 588. The van der Waals surface area contributed by atoms with E-state index >= 15 is 0 Å². The molecule has 0 aliphatic heterocycles. The van der Waals surface area contributed by atoms with Crippen molar-refractivity contribution in [2.24, 2.45) is 0 Å². The highest BCUT2D eigenvalue weighted by Crippen LogP contribution is 2.22. The van der Waals surface area contributed by atoms with Crippen LogP contribution in [0.4, 0.5) is 0 Å². The predicted octanol–water partition coefficient (Wildman–Crippen LogP) is 2.76. The van der Waals surface area contributed by atoms with Crippen LogP contribution >= 0.6 is 0 Å². The van der Waals surface area contributed by atoms with Gasteiger partial charge >= 0.3 is 5.97 Å². The van der Waals surface area contributed by atoms with Crippen molar-refractivity contribution in [3.05, 3.63) is 36.0 Å². The second-order valence-electron chi connectivity index (χ2n) is 4.18. The highest BCUT2D eigenvalue weighted by atomic mass is 16.5. The van der Waals surface area contributed by atoms with Crippen LogP contribution in [0.25, 0.3) is 11.3 Å². The first-order chi connectivity index (χ1) is 9.69. The molecule has 20 heavy (non-hydrogen) atoms. The molecule has 0 fully saturated rings. The lowest BCUT2D eigenvalue weighted by Crippen LogP contribution is -2.12. The normalized spacial score (nSPS) is 10.3. The van der Waals surface area contributed by atoms with Crippen LogP contribution in [-0.2, 0) is 11.3 Å². The molecule has 0 saturated carbocycles. The molecule has 5 heteroatoms. The minimum atomic E-state index is -0.346. The third-order valence-corrected chi connectivity index (χ3v) is 2.95. The fourth-order valence-electron chi connectivity index (χ4n) is 1.93. The van der Waals surface area contributed by atoms with E-state index in [1.165, 1.54) is 0 Å². The molecule has 1 aromatic carbocycles. The van der Waals surface area contributed by atoms with Crippen molar-refractivity contribution in [2.45, 2.75) is 20.4 Å². The van der Waals surface area contributed by atoms with E-state index in [4.69, 9.17) is 9.47 Å². The first-order valence-corrected chi connectivity index (χ1v) is 6.59. The molecule has 0 atom stereocenters. The topological polar surface area (TPSA) is 53.4 Å². The molecule has 0 aliphatic carbocycles. The summed E-state index contributed by atoms with van der Waals surface area (Å²) in [6.07, 6.45) is 0. The lowest BCUT2D eigenvalue weighted by molar-refractivity contribution is 0.0512. The maximum absolute atomic E-state index is 11.9. The Hall–Kier alpha value is -2.30. The second kappa shape index (κ2) is 6.23. The quantitative estimate of drug-likeness (QED) is 0.787. The van der Waals surface area contributed by atoms with Gasteiger partial charge in [0.25, 0.3) is 0 Å². The van der Waals surface area contributed by atoms with Crippen LogP contribution in [0.1, 0.15) is 24.3 Å². The monoisotopic (exact) mass is 274 g/mol. The molecule has 0 bridgehead atoms. The number of nitrogens with zero attached hydrogens (tertiary/aromatic N) is 2. The average molecular weight is 274 g/mol. The Kier molecular flexibility index (Phi) is 4.40. The van der Waals surface area contributed by atoms with Gasteiger partial charge in [0.2, 0.25) is 0 Å². The van der Waals surface area contributed by atoms with Crippen molar-refractivity contribution >= 4 is 5.97 Å². The molecule has 106 valence electrons. The third kappa shape index (κ3) is 2.82. The molecule has 0 amide bonds. The van der Waals surface area contributed by atoms with Crippen molar-refractivity contribution in [3.8, 4) is 17.0 Å². The first kappa shape index (κ1) is 14.1. The number of carbonyl (C=O) groups excluding carboxylic acids is 1. The average Bonchev–Trinajstić information content (AvgIpc) is 2.92. The van der Waals surface area contributed by atoms with Crippen molar-refractivity contribution in [2.75, 3.05) is 13.7 Å². The van der Waals surface area contributed by atoms with Gasteiger partial charge in [-0.2, -0.15) is 5.10 Å². The molecule has 5 nitrogen and oxygen atoms in total. The van der Waals surface area contributed by atoms with Gasteiger partial charge in [0.15, 0.2) is 0 Å². The summed E-state index contributed by atoms with van der Waals surface area (Å²) in [7, 11) is 1.62. The van der Waals surface area contributed by atoms with Crippen LogP contribution in [-0.4, -0.2) is 29.5 Å². The molecule has 0 aliphatic rings. The fraction of sp³-hybridized carbons (Fsp3) is 0.333. The van der Waals surface area contributed by atoms with Crippen molar-refractivity contribution in [1.82, 2.24) is 9.78 Å². The number of benzene rings is 1. The predicted molar refractivity (Wildman–Crippen MR) is 75.8 cm³/mol. The van der Waals surface area contributed by atoms with Crippen LogP contribution in [0.5, 0.6) is 5.75 Å². The number of aryl methyl sites for hydroxylation is 1. The maximum atomic E-state index is 11.9. The number of ether oxygens (including phenoxy) is 2. The zero-order chi connectivity index (χ0) is 14.5. The number of aromatic nitrogens is 2. The summed E-state index contributed by atoms with van der Waals surface area (Å²) < 4.78 is 11.8. The zero-order valence-electron chi connectivity index (χ0n) is 11.9. The molecular formula is C15H18N2O3. The largest absolute Gasteiger partial charge is 0.497 e. The van der Waals surface area contributed by atoms with E-state index < -0.39 is 0 Å². The SMILES string of the molecule is CCOC(=O)c1cc(-c2ccc(OC)cc2)nn1CC. The standard InChI is InChI=1S/C15H18N2O3/c1-4-17-14(15(18)20-5-2)10-13(16-17)11-6-8-12(19-3)9-7-11/h6-10H,4-5H2,1-3H3. The number of carbonyl (C=O) groups is 1. The maximum Gasteiger partial charge on any atom is 0.356 e. The summed E-state index contributed by atoms with van der Waals surface area (Å²) in [4.78, 5) is 11.9. The zero-order valence-corrected chi connectivity index (χ0v) is 11.9. The Balaban J connectivity index is 2.34. The number of hydrogen-bond donors (Lipinski definition) is 0. The van der Waals surface area contributed by atoms with Gasteiger partial charge in [0.1, 0.15) is 11.4 Å². The van der Waals surface area contributed by atoms with E-state index in [1.807, 2.05) is 31.2 Å². The van der Waals surface area contributed by atoms with Crippen LogP contribution < -0.4 is 4.74 Å². The Labute approximate surface area is 118 Å². The molecule has 0 spiro atoms. The smallest absolute Gasteiger partial charge is 0.356 e. The highest BCUT2D eigenvalue weighted by molar-refractivity contribution is 5.89. The molecule has 2 rings (SSSR count). The van der Waals surface area contributed by atoms with Gasteiger partial charge in [0.05, 0.1) is 19.4 Å². The van der Waals surface area contributed by atoms with Crippen molar-refractivity contribution in [1.29, 1.82) is 0 Å². The molecular weight excluding hydrogens is 256 g/mol. The minimum Gasteiger partial charge on any atom is -0.497 e. The van der Waals surface area contributed by atoms with Gasteiger partial charge in [-0.1, -0.05) is 0 Å². The Morgan fingerprint density at radius 1 is 1.25 bits per heavy atom. The summed E-state index contributed by atoms with van der Waals surface area (Å²) >= 11 is 0. The molecule has 1 aromatic heterocycles. The van der Waals surface area contributed by atoms with Crippen molar-refractivity contribution < 1.29 is 14.3 Å². The van der Waals surface area contributed by atoms with Crippen LogP contribution in [0, 0.1) is 0 Å². The van der Waals surface area contributed by atoms with E-state index in [0.29, 0.717) is 18.8 Å². The van der Waals surface area contributed by atoms with E-state index in [2.05, 4.69) is 5.10 Å². The summed E-state index contributed by atoms with van der Waals surface area (Å²) in [6.45, 7) is 4.69. The molecule has 0 unspecified atom stereocenters. The van der Waals surface area contributed by atoms with Crippen LogP contribution in [0.2, 0.25) is 0 Å². The number of hydrogen-bond acceptors (Lipinski definition) is 4. The van der Waals surface area contributed by atoms with Gasteiger partial charge in [0, 0.05) is 12.1 Å². The van der Waals surface area contributed by atoms with Gasteiger partial charge in [-0.3, -0.25) is 4.68 Å². The van der Waals surface area contributed by atoms with E-state index in [1.54, 1.807) is 24.8 Å². The first-order valence-electron chi connectivity index (χ1n) is 6.59. The molecule has 2 aromatic rings.